The van der Waals surface area contributed by atoms with Crippen molar-refractivity contribution in [2.45, 2.75) is 95.2 Å². The zero-order chi connectivity index (χ0) is 69.0. The monoisotopic (exact) mass is 1350 g/mol. The van der Waals surface area contributed by atoms with Crippen molar-refractivity contribution in [2.75, 3.05) is 60.5 Å². The molecule has 26 heteroatoms. The van der Waals surface area contributed by atoms with Crippen LogP contribution in [0, 0.1) is 0 Å². The van der Waals surface area contributed by atoms with Gasteiger partial charge in [0.15, 0.2) is 23.0 Å². The summed E-state index contributed by atoms with van der Waals surface area (Å²) >= 11 is 0. The van der Waals surface area contributed by atoms with Crippen molar-refractivity contribution in [1.82, 2.24) is 30.4 Å². The smallest absolute Gasteiger partial charge is 0.411 e. The van der Waals surface area contributed by atoms with E-state index in [0.29, 0.717) is 88.4 Å². The minimum atomic E-state index is -4.38. The number of fused-ring (bicyclic) bond motifs is 2. The molecule has 1 amide bonds. The Morgan fingerprint density at radius 3 is 1.61 bits per heavy atom. The number of rotatable bonds is 23. The molecule has 0 saturated heterocycles. The standard InChI is InChI=1S/C30H33N5O6S.C29H30F3NO4.C11H11F3O3/c1-30(2,3)41-29(36)34-16-15-22-17-27(40-19-21-11-7-5-8-12-21)26(39-4)18-24(22)25(34)20-42(37,38)28-31-32-33-35(28)23-13-9-6-10-14-23;1-34-26-11-9-20(14-23(26)18-36-19-29(30,31)32)8-10-25-24-16-27(35-2)28(15-22(24)12-13-33-25)37-17-21-6-4-3-5-7-21;1-16-10-3-2-8(5-15)4-9(10)6-17-7-11(12,13)14/h5-14,17-18,25H,15-16,19-20H2,1-4H3;3-11,14-16,25,33H,12-13,17-19H2,1-2H3;2-5H,6-7H2,1H3/b;10-8+;. The molecule has 3 heterocycles. The third kappa shape index (κ3) is 20.8. The van der Waals surface area contributed by atoms with Crippen LogP contribution in [-0.4, -0.2) is 124 Å². The Morgan fingerprint density at radius 1 is 0.604 bits per heavy atom. The number of alkyl halides is 6. The fourth-order valence-corrected chi connectivity index (χ4v) is 11.8. The molecule has 2 aliphatic rings. The minimum absolute atomic E-state index is 0.0622. The lowest BCUT2D eigenvalue weighted by Crippen LogP contribution is -2.45. The number of ether oxygens (including phenoxy) is 9. The van der Waals surface area contributed by atoms with Crippen molar-refractivity contribution >= 4 is 28.3 Å². The number of hydrogen-bond donors (Lipinski definition) is 1. The number of amides is 1. The molecule has 2 atom stereocenters. The van der Waals surface area contributed by atoms with E-state index in [2.05, 4.69) is 25.6 Å². The number of aromatic nitrogens is 4. The fourth-order valence-electron chi connectivity index (χ4n) is 10.4. The number of hydrogen-bond acceptors (Lipinski definition) is 17. The molecule has 1 aromatic heterocycles. The molecule has 0 bridgehead atoms. The molecule has 510 valence electrons. The largest absolute Gasteiger partial charge is 0.496 e. The quantitative estimate of drug-likeness (QED) is 0.0466. The zero-order valence-electron chi connectivity index (χ0n) is 53.8. The van der Waals surface area contributed by atoms with Crippen LogP contribution in [0.2, 0.25) is 0 Å². The lowest BCUT2D eigenvalue weighted by atomic mass is 9.93. The van der Waals surface area contributed by atoms with E-state index < -0.39 is 58.9 Å². The Kier molecular flexibility index (Phi) is 25.1. The number of carbonyl (C=O) groups excluding carboxylic acids is 2. The van der Waals surface area contributed by atoms with Gasteiger partial charge in [0.05, 0.1) is 65.2 Å². The highest BCUT2D eigenvalue weighted by atomic mass is 32.2. The van der Waals surface area contributed by atoms with Gasteiger partial charge in [-0.25, -0.2) is 13.2 Å². The van der Waals surface area contributed by atoms with E-state index in [1.807, 2.05) is 103 Å². The summed E-state index contributed by atoms with van der Waals surface area (Å²) in [5.41, 5.74) is 7.67. The molecular formula is C70H74F6N6O13S. The van der Waals surface area contributed by atoms with Crippen molar-refractivity contribution in [3.8, 4) is 40.2 Å². The normalized spacial score (nSPS) is 14.6. The number of aldehydes is 1. The number of carbonyl (C=O) groups is 2. The van der Waals surface area contributed by atoms with E-state index in [4.69, 9.17) is 37.9 Å². The summed E-state index contributed by atoms with van der Waals surface area (Å²) in [4.78, 5) is 25.4. The lowest BCUT2D eigenvalue weighted by Gasteiger charge is -2.38. The maximum Gasteiger partial charge on any atom is 0.411 e. The van der Waals surface area contributed by atoms with Crippen LogP contribution in [0.15, 0.2) is 163 Å². The molecule has 0 radical (unpaired) electrons. The number of methoxy groups -OCH3 is 4. The van der Waals surface area contributed by atoms with Gasteiger partial charge in [0.1, 0.15) is 49.8 Å². The summed E-state index contributed by atoms with van der Waals surface area (Å²) in [6.45, 7) is 4.03. The molecule has 0 fully saturated rings. The number of tetrazole rings is 1. The number of para-hydroxylation sites is 1. The molecule has 8 aromatic rings. The van der Waals surface area contributed by atoms with Gasteiger partial charge in [0.2, 0.25) is 9.84 Å². The molecule has 0 saturated carbocycles. The van der Waals surface area contributed by atoms with E-state index in [0.717, 1.165) is 40.8 Å². The summed E-state index contributed by atoms with van der Waals surface area (Å²) in [6.07, 6.45) is -3.46. The topological polar surface area (TPSA) is 210 Å². The van der Waals surface area contributed by atoms with Crippen LogP contribution in [-0.2, 0) is 63.3 Å². The second-order valence-electron chi connectivity index (χ2n) is 22.9. The highest BCUT2D eigenvalue weighted by Crippen LogP contribution is 2.41. The summed E-state index contributed by atoms with van der Waals surface area (Å²) in [7, 11) is 1.89. The molecule has 19 nitrogen and oxygen atoms in total. The van der Waals surface area contributed by atoms with E-state index >= 15 is 0 Å². The third-order valence-electron chi connectivity index (χ3n) is 14.8. The molecule has 0 aliphatic carbocycles. The van der Waals surface area contributed by atoms with E-state index in [1.54, 1.807) is 70.3 Å². The lowest BCUT2D eigenvalue weighted by molar-refractivity contribution is -0.177. The van der Waals surface area contributed by atoms with Gasteiger partial charge in [-0.15, -0.1) is 0 Å². The van der Waals surface area contributed by atoms with E-state index in [1.165, 1.54) is 54.7 Å². The van der Waals surface area contributed by atoms with Gasteiger partial charge >= 0.3 is 18.4 Å². The van der Waals surface area contributed by atoms with Gasteiger partial charge in [-0.05, 0) is 150 Å². The summed E-state index contributed by atoms with van der Waals surface area (Å²) < 4.78 is 151. The molecule has 7 aromatic carbocycles. The summed E-state index contributed by atoms with van der Waals surface area (Å²) in [5, 5.41) is 14.6. The van der Waals surface area contributed by atoms with Crippen LogP contribution in [0.4, 0.5) is 31.1 Å². The van der Waals surface area contributed by atoms with Gasteiger partial charge in [-0.3, -0.25) is 9.69 Å². The summed E-state index contributed by atoms with van der Waals surface area (Å²) in [5.74, 6) is 2.71. The van der Waals surface area contributed by atoms with Gasteiger partial charge in [-0.1, -0.05) is 102 Å². The molecule has 1 N–H and O–H groups in total. The van der Waals surface area contributed by atoms with Crippen molar-refractivity contribution in [2.24, 2.45) is 0 Å². The Bertz CT molecular complexity index is 4010. The Morgan fingerprint density at radius 2 is 1.10 bits per heavy atom. The Balaban J connectivity index is 0.000000200. The first-order valence-corrected chi connectivity index (χ1v) is 31.8. The van der Waals surface area contributed by atoms with Crippen molar-refractivity contribution in [1.29, 1.82) is 0 Å². The maximum atomic E-state index is 13.9. The fraction of sp³-hybridized carbons (Fsp3) is 0.329. The average molecular weight is 1350 g/mol. The van der Waals surface area contributed by atoms with Crippen molar-refractivity contribution in [3.63, 3.8) is 0 Å². The predicted octanol–water partition coefficient (Wildman–Crippen LogP) is 13.4. The van der Waals surface area contributed by atoms with Crippen molar-refractivity contribution < 1.29 is 87.0 Å². The van der Waals surface area contributed by atoms with Crippen LogP contribution in [0.1, 0.15) is 93.3 Å². The highest BCUT2D eigenvalue weighted by Gasteiger charge is 2.40. The first-order chi connectivity index (χ1) is 45.9. The molecule has 2 aliphatic heterocycles. The van der Waals surface area contributed by atoms with Crippen LogP contribution in [0.3, 0.4) is 0 Å². The zero-order valence-corrected chi connectivity index (χ0v) is 54.6. The van der Waals surface area contributed by atoms with Crippen LogP contribution < -0.4 is 33.7 Å². The SMILES string of the molecule is COc1cc2c(cc1OCc1ccccc1)CCN(C(=O)OC(C)(C)C)C2CS(=O)(=O)c1nnnn1-c1ccccc1.COc1ccc(/C=C/C2NCCc3cc(OCc4ccccc4)c(OC)cc32)cc1COCC(F)(F)F.COc1ccc(C=O)cc1COCC(F)(F)F. The minimum Gasteiger partial charge on any atom is -0.496 e. The number of nitrogens with zero attached hydrogens (tertiary/aromatic N) is 5. The first kappa shape index (κ1) is 72.3. The van der Waals surface area contributed by atoms with Crippen LogP contribution in [0.25, 0.3) is 11.8 Å². The van der Waals surface area contributed by atoms with E-state index in [-0.39, 0.29) is 31.0 Å². The van der Waals surface area contributed by atoms with Crippen LogP contribution in [0.5, 0.6) is 34.5 Å². The number of sulfone groups is 1. The average Bonchev–Trinajstić information content (AvgIpc) is 1.39. The van der Waals surface area contributed by atoms with E-state index in [9.17, 15) is 44.3 Å². The predicted molar refractivity (Wildman–Crippen MR) is 344 cm³/mol. The third-order valence-corrected chi connectivity index (χ3v) is 16.3. The van der Waals surface area contributed by atoms with Gasteiger partial charge in [-0.2, -0.15) is 31.0 Å². The highest BCUT2D eigenvalue weighted by molar-refractivity contribution is 7.91. The number of benzene rings is 7. The molecule has 2 unspecified atom stereocenters. The molecule has 96 heavy (non-hydrogen) atoms. The van der Waals surface area contributed by atoms with Gasteiger partial charge in [0.25, 0.3) is 5.16 Å². The van der Waals surface area contributed by atoms with Crippen molar-refractivity contribution in [3.05, 3.63) is 213 Å². The molecule has 10 rings (SSSR count). The Labute approximate surface area is 552 Å². The number of halogens is 6. The van der Waals surface area contributed by atoms with Gasteiger partial charge < -0.3 is 47.9 Å². The number of nitrogens with one attached hydrogen (secondary N) is 1. The summed E-state index contributed by atoms with van der Waals surface area (Å²) in [6, 6.07) is 45.0. The second kappa shape index (κ2) is 33.3. The Hall–Kier alpha value is -9.50. The first-order valence-electron chi connectivity index (χ1n) is 30.2. The maximum absolute atomic E-state index is 13.9. The van der Waals surface area contributed by atoms with Crippen LogP contribution >= 0.6 is 0 Å². The molecule has 0 spiro atoms. The van der Waals surface area contributed by atoms with Gasteiger partial charge in [0, 0.05) is 29.8 Å². The molecular weight excluding hydrogens is 1280 g/mol. The second-order valence-corrected chi connectivity index (χ2v) is 24.8.